The number of aromatic nitrogens is 1. The van der Waals surface area contributed by atoms with Gasteiger partial charge in [-0.2, -0.15) is 0 Å². The van der Waals surface area contributed by atoms with E-state index >= 15 is 0 Å². The molecule has 3 atom stereocenters. The fraction of sp³-hybridized carbons (Fsp3) is 0.261. The van der Waals surface area contributed by atoms with Gasteiger partial charge < -0.3 is 26.5 Å². The highest BCUT2D eigenvalue weighted by Gasteiger charge is 2.25. The lowest BCUT2D eigenvalue weighted by Gasteiger charge is -2.20. The van der Waals surface area contributed by atoms with Crippen LogP contribution in [0.5, 0.6) is 0 Å². The van der Waals surface area contributed by atoms with Crippen LogP contribution in [0.4, 0.5) is 0 Å². The van der Waals surface area contributed by atoms with Crippen LogP contribution in [0.3, 0.4) is 0 Å². The fourth-order valence-electron chi connectivity index (χ4n) is 3.36. The Labute approximate surface area is 179 Å². The summed E-state index contributed by atoms with van der Waals surface area (Å²) in [6.45, 7) is 1.49. The quantitative estimate of drug-likeness (QED) is 0.354. The second-order valence-corrected chi connectivity index (χ2v) is 7.49. The monoisotopic (exact) mass is 422 g/mol. The van der Waals surface area contributed by atoms with Crippen molar-refractivity contribution in [2.75, 3.05) is 0 Å². The number of hydrogen-bond acceptors (Lipinski definition) is 4. The zero-order valence-corrected chi connectivity index (χ0v) is 17.2. The predicted octanol–water partition coefficient (Wildman–Crippen LogP) is 1.35. The largest absolute Gasteiger partial charge is 0.480 e. The summed E-state index contributed by atoms with van der Waals surface area (Å²) < 4.78 is 0. The van der Waals surface area contributed by atoms with Gasteiger partial charge in [0, 0.05) is 23.5 Å². The first-order valence-electron chi connectivity index (χ1n) is 10.0. The average Bonchev–Trinajstić information content (AvgIpc) is 3.16. The van der Waals surface area contributed by atoms with E-state index in [9.17, 15) is 19.5 Å². The molecule has 2 aromatic carbocycles. The van der Waals surface area contributed by atoms with Gasteiger partial charge in [-0.3, -0.25) is 9.59 Å². The van der Waals surface area contributed by atoms with Crippen molar-refractivity contribution in [1.29, 1.82) is 0 Å². The second kappa shape index (κ2) is 9.90. The van der Waals surface area contributed by atoms with Crippen LogP contribution in [-0.4, -0.2) is 46.0 Å². The summed E-state index contributed by atoms with van der Waals surface area (Å²) in [5.74, 6) is -2.22. The minimum atomic E-state index is -1.15. The molecular formula is C23H26N4O4. The van der Waals surface area contributed by atoms with Crippen molar-refractivity contribution in [2.45, 2.75) is 37.9 Å². The number of carbonyl (C=O) groups excluding carboxylic acids is 2. The molecule has 8 heteroatoms. The van der Waals surface area contributed by atoms with E-state index in [4.69, 9.17) is 5.73 Å². The van der Waals surface area contributed by atoms with E-state index in [1.54, 1.807) is 24.3 Å². The molecule has 162 valence electrons. The lowest BCUT2D eigenvalue weighted by molar-refractivity contribution is -0.142. The number of benzene rings is 2. The van der Waals surface area contributed by atoms with Gasteiger partial charge in [-0.05, 0) is 30.5 Å². The second-order valence-electron chi connectivity index (χ2n) is 7.49. The molecule has 0 aliphatic heterocycles. The smallest absolute Gasteiger partial charge is 0.326 e. The van der Waals surface area contributed by atoms with Crippen molar-refractivity contribution >= 4 is 28.7 Å². The Bertz CT molecular complexity index is 1060. The third kappa shape index (κ3) is 5.70. The van der Waals surface area contributed by atoms with Gasteiger partial charge >= 0.3 is 5.97 Å². The minimum Gasteiger partial charge on any atom is -0.480 e. The molecule has 0 saturated heterocycles. The number of para-hydroxylation sites is 1. The summed E-state index contributed by atoms with van der Waals surface area (Å²) in [5, 5.41) is 15.5. The highest BCUT2D eigenvalue weighted by Crippen LogP contribution is 2.18. The number of nitrogens with one attached hydrogen (secondary N) is 3. The van der Waals surface area contributed by atoms with Crippen molar-refractivity contribution < 1.29 is 19.5 Å². The maximum absolute atomic E-state index is 12.5. The Morgan fingerprint density at radius 3 is 2.35 bits per heavy atom. The number of carboxylic acids is 1. The Morgan fingerprint density at radius 1 is 0.968 bits per heavy atom. The molecule has 6 N–H and O–H groups in total. The maximum Gasteiger partial charge on any atom is 0.326 e. The number of carbonyl (C=O) groups is 3. The van der Waals surface area contributed by atoms with Crippen molar-refractivity contribution in [3.63, 3.8) is 0 Å². The van der Waals surface area contributed by atoms with Crippen LogP contribution in [-0.2, 0) is 27.2 Å². The van der Waals surface area contributed by atoms with Crippen LogP contribution in [0.15, 0.2) is 60.8 Å². The van der Waals surface area contributed by atoms with Crippen LogP contribution in [0, 0.1) is 0 Å². The first-order valence-corrected chi connectivity index (χ1v) is 10.0. The van der Waals surface area contributed by atoms with Crippen molar-refractivity contribution in [2.24, 2.45) is 5.73 Å². The number of aliphatic carboxylic acids is 1. The van der Waals surface area contributed by atoms with Gasteiger partial charge in [0.05, 0.1) is 6.04 Å². The summed E-state index contributed by atoms with van der Waals surface area (Å²) >= 11 is 0. The van der Waals surface area contributed by atoms with Gasteiger partial charge in [0.25, 0.3) is 0 Å². The average molecular weight is 422 g/mol. The molecule has 31 heavy (non-hydrogen) atoms. The standard InChI is InChI=1S/C23H26N4O4/c1-14(21(28)27-20(23(30)31)11-15-7-3-2-4-8-15)26-22(29)18(24)12-16-13-25-19-10-6-5-9-17(16)19/h2-10,13-14,18,20,25H,11-12,24H2,1H3,(H,26,29)(H,27,28)(H,30,31). The summed E-state index contributed by atoms with van der Waals surface area (Å²) in [5.41, 5.74) is 8.69. The molecule has 3 aromatic rings. The van der Waals surface area contributed by atoms with E-state index in [1.807, 2.05) is 36.5 Å². The number of rotatable bonds is 9. The van der Waals surface area contributed by atoms with Gasteiger partial charge in [-0.25, -0.2) is 4.79 Å². The molecule has 0 radical (unpaired) electrons. The number of H-pyrrole nitrogens is 1. The molecule has 0 bridgehead atoms. The Kier molecular flexibility index (Phi) is 7.04. The van der Waals surface area contributed by atoms with Crippen LogP contribution in [0.1, 0.15) is 18.1 Å². The molecule has 3 rings (SSSR count). The molecule has 0 spiro atoms. The molecule has 0 aliphatic rings. The number of hydrogen-bond donors (Lipinski definition) is 5. The van der Waals surface area contributed by atoms with Crippen LogP contribution < -0.4 is 16.4 Å². The molecule has 1 aromatic heterocycles. The summed E-state index contributed by atoms with van der Waals surface area (Å²) in [7, 11) is 0. The molecule has 3 unspecified atom stereocenters. The van der Waals surface area contributed by atoms with E-state index in [-0.39, 0.29) is 6.42 Å². The molecule has 1 heterocycles. The SMILES string of the molecule is CC(NC(=O)C(N)Cc1c[nH]c2ccccc12)C(=O)NC(Cc1ccccc1)C(=O)O. The lowest BCUT2D eigenvalue weighted by Crippen LogP contribution is -2.54. The Hall–Kier alpha value is -3.65. The van der Waals surface area contributed by atoms with E-state index in [0.717, 1.165) is 22.0 Å². The van der Waals surface area contributed by atoms with E-state index < -0.39 is 35.9 Å². The van der Waals surface area contributed by atoms with E-state index in [1.165, 1.54) is 6.92 Å². The van der Waals surface area contributed by atoms with E-state index in [0.29, 0.717) is 6.42 Å². The van der Waals surface area contributed by atoms with Crippen molar-refractivity contribution in [3.8, 4) is 0 Å². The number of fused-ring (bicyclic) bond motifs is 1. The molecule has 0 saturated carbocycles. The van der Waals surface area contributed by atoms with Gasteiger partial charge in [0.2, 0.25) is 11.8 Å². The topological polar surface area (TPSA) is 137 Å². The number of aromatic amines is 1. The zero-order valence-electron chi connectivity index (χ0n) is 17.2. The fourth-order valence-corrected chi connectivity index (χ4v) is 3.36. The molecule has 0 fully saturated rings. The predicted molar refractivity (Wildman–Crippen MR) is 117 cm³/mol. The zero-order chi connectivity index (χ0) is 22.4. The number of carboxylic acid groups (broad SMARTS) is 1. The summed E-state index contributed by atoms with van der Waals surface area (Å²) in [4.78, 5) is 39.6. The van der Waals surface area contributed by atoms with Gasteiger partial charge in [0.15, 0.2) is 0 Å². The minimum absolute atomic E-state index is 0.142. The van der Waals surface area contributed by atoms with Gasteiger partial charge in [-0.1, -0.05) is 48.5 Å². The summed E-state index contributed by atoms with van der Waals surface area (Å²) in [6, 6.07) is 13.8. The Morgan fingerprint density at radius 2 is 1.65 bits per heavy atom. The summed E-state index contributed by atoms with van der Waals surface area (Å²) in [6.07, 6.45) is 2.26. The molecule has 0 aliphatic carbocycles. The molecule has 8 nitrogen and oxygen atoms in total. The lowest BCUT2D eigenvalue weighted by atomic mass is 10.0. The van der Waals surface area contributed by atoms with Crippen LogP contribution in [0.2, 0.25) is 0 Å². The number of nitrogens with two attached hydrogens (primary N) is 1. The van der Waals surface area contributed by atoms with Gasteiger partial charge in [0.1, 0.15) is 12.1 Å². The first kappa shape index (κ1) is 22.0. The number of amides is 2. The van der Waals surface area contributed by atoms with E-state index in [2.05, 4.69) is 15.6 Å². The highest BCUT2D eigenvalue weighted by atomic mass is 16.4. The van der Waals surface area contributed by atoms with Crippen LogP contribution in [0.25, 0.3) is 10.9 Å². The maximum atomic E-state index is 12.5. The molecular weight excluding hydrogens is 396 g/mol. The normalized spacial score (nSPS) is 13.9. The van der Waals surface area contributed by atoms with Crippen molar-refractivity contribution in [1.82, 2.24) is 15.6 Å². The third-order valence-electron chi connectivity index (χ3n) is 5.10. The highest BCUT2D eigenvalue weighted by molar-refractivity contribution is 5.92. The third-order valence-corrected chi connectivity index (χ3v) is 5.10. The van der Waals surface area contributed by atoms with Crippen LogP contribution >= 0.6 is 0 Å². The molecule has 2 amide bonds. The van der Waals surface area contributed by atoms with Crippen molar-refractivity contribution in [3.05, 3.63) is 71.9 Å². The Balaban J connectivity index is 1.56. The first-order chi connectivity index (χ1) is 14.8. The van der Waals surface area contributed by atoms with Gasteiger partial charge in [-0.15, -0.1) is 0 Å².